The quantitative estimate of drug-likeness (QED) is 0.911. The number of hydrogen-bond donors (Lipinski definition) is 2. The van der Waals surface area contributed by atoms with Crippen molar-refractivity contribution in [3.63, 3.8) is 0 Å². The minimum atomic E-state index is -0.0534. The Balaban J connectivity index is 1.66. The van der Waals surface area contributed by atoms with Gasteiger partial charge in [0.25, 0.3) is 0 Å². The number of nitrogens with one attached hydrogen (secondary N) is 2. The number of rotatable bonds is 3. The number of aromatic nitrogens is 2. The van der Waals surface area contributed by atoms with Gasteiger partial charge in [-0.3, -0.25) is 9.48 Å². The van der Waals surface area contributed by atoms with Crippen molar-refractivity contribution < 1.29 is 4.79 Å². The zero-order valence-electron chi connectivity index (χ0n) is 12.3. The van der Waals surface area contributed by atoms with Gasteiger partial charge in [-0.05, 0) is 31.9 Å². The average molecular weight is 284 g/mol. The lowest BCUT2D eigenvalue weighted by Crippen LogP contribution is -2.33. The van der Waals surface area contributed by atoms with Gasteiger partial charge in [-0.2, -0.15) is 5.10 Å². The molecule has 5 heteroatoms. The summed E-state index contributed by atoms with van der Waals surface area (Å²) < 4.78 is 1.84. The highest BCUT2D eigenvalue weighted by atomic mass is 16.1. The first-order valence-corrected chi connectivity index (χ1v) is 7.30. The van der Waals surface area contributed by atoms with Gasteiger partial charge in [0.2, 0.25) is 5.91 Å². The van der Waals surface area contributed by atoms with Crippen LogP contribution in [0, 0.1) is 5.92 Å². The first-order valence-electron chi connectivity index (χ1n) is 7.30. The van der Waals surface area contributed by atoms with Crippen molar-refractivity contribution in [1.29, 1.82) is 0 Å². The summed E-state index contributed by atoms with van der Waals surface area (Å²) in [7, 11) is 0. The number of hydrogen-bond acceptors (Lipinski definition) is 3. The maximum atomic E-state index is 12.4. The zero-order valence-corrected chi connectivity index (χ0v) is 12.3. The number of anilines is 2. The molecule has 1 unspecified atom stereocenters. The molecule has 5 nitrogen and oxygen atoms in total. The molecule has 1 aliphatic heterocycles. The highest BCUT2D eigenvalue weighted by molar-refractivity contribution is 5.93. The third-order valence-electron chi connectivity index (χ3n) is 3.79. The van der Waals surface area contributed by atoms with Crippen LogP contribution in [0.5, 0.6) is 0 Å². The van der Waals surface area contributed by atoms with Gasteiger partial charge in [0.15, 0.2) is 0 Å². The van der Waals surface area contributed by atoms with Gasteiger partial charge >= 0.3 is 0 Å². The number of carbonyl (C=O) groups is 1. The van der Waals surface area contributed by atoms with Gasteiger partial charge in [0.05, 0.1) is 17.8 Å². The molecule has 0 spiro atoms. The smallest absolute Gasteiger partial charge is 0.229 e. The summed E-state index contributed by atoms with van der Waals surface area (Å²) in [5.41, 5.74) is 3.09. The number of fused-ring (bicyclic) bond motifs is 1. The van der Waals surface area contributed by atoms with E-state index in [1.165, 1.54) is 5.56 Å². The topological polar surface area (TPSA) is 59.0 Å². The Hall–Kier alpha value is -2.30. The molecule has 1 aliphatic rings. The number of amides is 1. The van der Waals surface area contributed by atoms with Gasteiger partial charge in [-0.1, -0.05) is 18.2 Å². The van der Waals surface area contributed by atoms with Gasteiger partial charge < -0.3 is 10.6 Å². The van der Waals surface area contributed by atoms with Crippen molar-refractivity contribution in [1.82, 2.24) is 9.78 Å². The summed E-state index contributed by atoms with van der Waals surface area (Å²) in [5, 5.41) is 10.5. The van der Waals surface area contributed by atoms with E-state index in [-0.39, 0.29) is 11.8 Å². The van der Waals surface area contributed by atoms with Crippen molar-refractivity contribution in [3.05, 3.63) is 42.2 Å². The second kappa shape index (κ2) is 5.60. The van der Waals surface area contributed by atoms with Crippen LogP contribution < -0.4 is 10.6 Å². The fourth-order valence-electron chi connectivity index (χ4n) is 2.56. The second-order valence-electron chi connectivity index (χ2n) is 5.73. The lowest BCUT2D eigenvalue weighted by molar-refractivity contribution is -0.119. The SMILES string of the molecule is CC(C)n1cc(NC(=O)C2CNc3ccccc3C2)cn1. The molecule has 0 radical (unpaired) electrons. The van der Waals surface area contributed by atoms with Crippen molar-refractivity contribution in [2.24, 2.45) is 5.92 Å². The lowest BCUT2D eigenvalue weighted by Gasteiger charge is -2.25. The van der Waals surface area contributed by atoms with Crippen molar-refractivity contribution in [2.75, 3.05) is 17.2 Å². The highest BCUT2D eigenvalue weighted by Gasteiger charge is 2.24. The average Bonchev–Trinajstić information content (AvgIpc) is 2.95. The van der Waals surface area contributed by atoms with Crippen LogP contribution in [-0.2, 0) is 11.2 Å². The number of para-hydroxylation sites is 1. The van der Waals surface area contributed by atoms with Crippen LogP contribution in [-0.4, -0.2) is 22.2 Å². The summed E-state index contributed by atoms with van der Waals surface area (Å²) in [6.07, 6.45) is 4.34. The maximum absolute atomic E-state index is 12.4. The molecule has 110 valence electrons. The molecule has 21 heavy (non-hydrogen) atoms. The van der Waals surface area contributed by atoms with Crippen LogP contribution in [0.2, 0.25) is 0 Å². The molecule has 0 saturated heterocycles. The van der Waals surface area contributed by atoms with Crippen LogP contribution in [0.3, 0.4) is 0 Å². The fourth-order valence-corrected chi connectivity index (χ4v) is 2.56. The van der Waals surface area contributed by atoms with Gasteiger partial charge in [0.1, 0.15) is 0 Å². The fraction of sp³-hybridized carbons (Fsp3) is 0.375. The summed E-state index contributed by atoms with van der Waals surface area (Å²) in [6, 6.07) is 8.42. The molecule has 0 saturated carbocycles. The van der Waals surface area contributed by atoms with E-state index in [4.69, 9.17) is 0 Å². The Labute approximate surface area is 124 Å². The molecule has 2 heterocycles. The van der Waals surface area contributed by atoms with E-state index in [0.29, 0.717) is 12.6 Å². The van der Waals surface area contributed by atoms with E-state index < -0.39 is 0 Å². The predicted molar refractivity (Wildman–Crippen MR) is 83.4 cm³/mol. The van der Waals surface area contributed by atoms with Crippen molar-refractivity contribution in [2.45, 2.75) is 26.3 Å². The second-order valence-corrected chi connectivity index (χ2v) is 5.73. The standard InChI is InChI=1S/C16H20N4O/c1-11(2)20-10-14(9-18-20)19-16(21)13-7-12-5-3-4-6-15(12)17-8-13/h3-6,9-11,13,17H,7-8H2,1-2H3,(H,19,21). The predicted octanol–water partition coefficient (Wildman–Crippen LogP) is 2.69. The van der Waals surface area contributed by atoms with Crippen molar-refractivity contribution >= 4 is 17.3 Å². The Bertz CT molecular complexity index is 647. The summed E-state index contributed by atoms with van der Waals surface area (Å²) in [6.45, 7) is 4.78. The third kappa shape index (κ3) is 2.91. The summed E-state index contributed by atoms with van der Waals surface area (Å²) in [4.78, 5) is 12.4. The van der Waals surface area contributed by atoms with Gasteiger partial charge in [-0.15, -0.1) is 0 Å². The maximum Gasteiger partial charge on any atom is 0.229 e. The summed E-state index contributed by atoms with van der Waals surface area (Å²) in [5.74, 6) is -0.0115. The van der Waals surface area contributed by atoms with Gasteiger partial charge in [0, 0.05) is 24.5 Å². The first-order chi connectivity index (χ1) is 10.1. The van der Waals surface area contributed by atoms with E-state index in [0.717, 1.165) is 17.8 Å². The molecular weight excluding hydrogens is 264 g/mol. The molecule has 0 bridgehead atoms. The molecule has 0 aliphatic carbocycles. The molecule has 1 amide bonds. The van der Waals surface area contributed by atoms with Crippen LogP contribution in [0.4, 0.5) is 11.4 Å². The lowest BCUT2D eigenvalue weighted by atomic mass is 9.93. The molecule has 1 aromatic carbocycles. The van der Waals surface area contributed by atoms with E-state index in [1.807, 2.05) is 23.0 Å². The molecule has 2 aromatic rings. The number of nitrogens with zero attached hydrogens (tertiary/aromatic N) is 2. The Morgan fingerprint density at radius 3 is 3.00 bits per heavy atom. The minimum absolute atomic E-state index is 0.0420. The van der Waals surface area contributed by atoms with Crippen molar-refractivity contribution in [3.8, 4) is 0 Å². The van der Waals surface area contributed by atoms with E-state index in [2.05, 4.69) is 41.7 Å². The number of benzene rings is 1. The number of carbonyl (C=O) groups excluding carboxylic acids is 1. The Morgan fingerprint density at radius 1 is 1.43 bits per heavy atom. The molecular formula is C16H20N4O. The van der Waals surface area contributed by atoms with Crippen LogP contribution >= 0.6 is 0 Å². The van der Waals surface area contributed by atoms with Crippen LogP contribution in [0.15, 0.2) is 36.7 Å². The normalized spacial score (nSPS) is 17.2. The molecule has 1 atom stereocenters. The monoisotopic (exact) mass is 284 g/mol. The molecule has 3 rings (SSSR count). The van der Waals surface area contributed by atoms with E-state index >= 15 is 0 Å². The Kier molecular flexibility index (Phi) is 3.64. The largest absolute Gasteiger partial charge is 0.384 e. The minimum Gasteiger partial charge on any atom is -0.384 e. The highest BCUT2D eigenvalue weighted by Crippen LogP contribution is 2.25. The van der Waals surface area contributed by atoms with E-state index in [1.54, 1.807) is 6.20 Å². The molecule has 2 N–H and O–H groups in total. The van der Waals surface area contributed by atoms with Crippen LogP contribution in [0.1, 0.15) is 25.5 Å². The van der Waals surface area contributed by atoms with Gasteiger partial charge in [-0.25, -0.2) is 0 Å². The third-order valence-corrected chi connectivity index (χ3v) is 3.79. The molecule has 0 fully saturated rings. The Morgan fingerprint density at radius 2 is 2.24 bits per heavy atom. The zero-order chi connectivity index (χ0) is 14.8. The molecule has 1 aromatic heterocycles. The van der Waals surface area contributed by atoms with Crippen LogP contribution in [0.25, 0.3) is 0 Å². The summed E-state index contributed by atoms with van der Waals surface area (Å²) >= 11 is 0. The first kappa shape index (κ1) is 13.7. The van der Waals surface area contributed by atoms with E-state index in [9.17, 15) is 4.79 Å².